The van der Waals surface area contributed by atoms with E-state index in [2.05, 4.69) is 20.6 Å². The minimum atomic E-state index is -0.371. The van der Waals surface area contributed by atoms with E-state index in [9.17, 15) is 4.39 Å². The summed E-state index contributed by atoms with van der Waals surface area (Å²) in [5, 5.41) is 6.33. The van der Waals surface area contributed by atoms with Crippen molar-refractivity contribution in [2.75, 3.05) is 20.7 Å². The van der Waals surface area contributed by atoms with Gasteiger partial charge in [-0.2, -0.15) is 0 Å². The average molecular weight is 346 g/mol. The van der Waals surface area contributed by atoms with Gasteiger partial charge < -0.3 is 20.1 Å². The van der Waals surface area contributed by atoms with Crippen LogP contribution in [0.25, 0.3) is 0 Å². The predicted molar refractivity (Wildman–Crippen MR) is 95.5 cm³/mol. The van der Waals surface area contributed by atoms with E-state index in [4.69, 9.17) is 9.47 Å². The second-order valence-corrected chi connectivity index (χ2v) is 5.37. The van der Waals surface area contributed by atoms with Gasteiger partial charge >= 0.3 is 0 Å². The van der Waals surface area contributed by atoms with Gasteiger partial charge in [-0.25, -0.2) is 9.37 Å². The molecular weight excluding hydrogens is 323 g/mol. The third kappa shape index (κ3) is 5.95. The first kappa shape index (κ1) is 18.5. The fourth-order valence-corrected chi connectivity index (χ4v) is 2.08. The number of ether oxygens (including phenoxy) is 2. The van der Waals surface area contributed by atoms with E-state index in [1.807, 2.05) is 13.0 Å². The van der Waals surface area contributed by atoms with Gasteiger partial charge in [0.1, 0.15) is 6.10 Å². The summed E-state index contributed by atoms with van der Waals surface area (Å²) < 4.78 is 24.2. The summed E-state index contributed by atoms with van der Waals surface area (Å²) in [6, 6.07) is 10.1. The number of nitrogens with zero attached hydrogens (tertiary/aromatic N) is 2. The number of rotatable bonds is 7. The summed E-state index contributed by atoms with van der Waals surface area (Å²) >= 11 is 0. The molecule has 0 spiro atoms. The number of pyridine rings is 1. The molecule has 2 aromatic rings. The molecule has 1 aromatic carbocycles. The molecular formula is C18H23FN4O2. The van der Waals surface area contributed by atoms with E-state index in [0.29, 0.717) is 24.9 Å². The predicted octanol–water partition coefficient (Wildman–Crippen LogP) is 2.36. The number of benzene rings is 1. The van der Waals surface area contributed by atoms with Gasteiger partial charge in [0.25, 0.3) is 0 Å². The van der Waals surface area contributed by atoms with Crippen molar-refractivity contribution in [1.82, 2.24) is 15.6 Å². The Hall–Kier alpha value is -2.83. The number of hydrogen-bond acceptors (Lipinski definition) is 4. The molecule has 0 aliphatic rings. The summed E-state index contributed by atoms with van der Waals surface area (Å²) in [5.41, 5.74) is 0.999. The molecule has 0 bridgehead atoms. The lowest BCUT2D eigenvalue weighted by Gasteiger charge is -2.18. The Kier molecular flexibility index (Phi) is 7.00. The van der Waals surface area contributed by atoms with Crippen molar-refractivity contribution in [1.29, 1.82) is 0 Å². The maximum Gasteiger partial charge on any atom is 0.212 e. The topological polar surface area (TPSA) is 67.8 Å². The standard InChI is InChI=1S/C18H23FN4O2/c1-13(25-16-7-5-4-6-15(16)19)10-22-18(20-2)23-12-14-8-9-17(24-3)21-11-14/h4-9,11,13H,10,12H2,1-3H3,(H2,20,22,23). The second-order valence-electron chi connectivity index (χ2n) is 5.37. The average Bonchev–Trinajstić information content (AvgIpc) is 2.64. The lowest BCUT2D eigenvalue weighted by Crippen LogP contribution is -2.41. The van der Waals surface area contributed by atoms with Crippen LogP contribution in [-0.2, 0) is 6.54 Å². The van der Waals surface area contributed by atoms with E-state index >= 15 is 0 Å². The van der Waals surface area contributed by atoms with Crippen LogP contribution in [0.15, 0.2) is 47.6 Å². The summed E-state index contributed by atoms with van der Waals surface area (Å²) in [4.78, 5) is 8.31. The van der Waals surface area contributed by atoms with Crippen molar-refractivity contribution in [3.8, 4) is 11.6 Å². The summed E-state index contributed by atoms with van der Waals surface area (Å²) in [5.74, 6) is 1.07. The lowest BCUT2D eigenvalue weighted by atomic mass is 10.3. The van der Waals surface area contributed by atoms with E-state index < -0.39 is 0 Å². The van der Waals surface area contributed by atoms with Crippen LogP contribution in [-0.4, -0.2) is 37.7 Å². The molecule has 1 unspecified atom stereocenters. The zero-order valence-electron chi connectivity index (χ0n) is 14.6. The van der Waals surface area contributed by atoms with E-state index in [-0.39, 0.29) is 17.7 Å². The van der Waals surface area contributed by atoms with E-state index in [1.165, 1.54) is 6.07 Å². The number of aliphatic imine (C=N–C) groups is 1. The van der Waals surface area contributed by atoms with Gasteiger partial charge in [0.05, 0.1) is 13.7 Å². The molecule has 25 heavy (non-hydrogen) atoms. The van der Waals surface area contributed by atoms with Crippen molar-refractivity contribution in [3.63, 3.8) is 0 Å². The normalized spacial score (nSPS) is 12.4. The number of nitrogens with one attached hydrogen (secondary N) is 2. The molecule has 2 N–H and O–H groups in total. The number of hydrogen-bond donors (Lipinski definition) is 2. The zero-order chi connectivity index (χ0) is 18.1. The Morgan fingerprint density at radius 1 is 1.24 bits per heavy atom. The van der Waals surface area contributed by atoms with Crippen LogP contribution in [0.3, 0.4) is 0 Å². The lowest BCUT2D eigenvalue weighted by molar-refractivity contribution is 0.214. The molecule has 0 aliphatic heterocycles. The molecule has 2 rings (SSSR count). The van der Waals surface area contributed by atoms with Crippen LogP contribution in [0, 0.1) is 5.82 Å². The largest absolute Gasteiger partial charge is 0.486 e. The minimum Gasteiger partial charge on any atom is -0.486 e. The maximum atomic E-state index is 13.6. The van der Waals surface area contributed by atoms with Crippen LogP contribution in [0.4, 0.5) is 4.39 Å². The van der Waals surface area contributed by atoms with Gasteiger partial charge in [-0.05, 0) is 24.6 Å². The Morgan fingerprint density at radius 3 is 2.68 bits per heavy atom. The highest BCUT2D eigenvalue weighted by Gasteiger charge is 2.09. The first-order valence-electron chi connectivity index (χ1n) is 7.97. The fraction of sp³-hybridized carbons (Fsp3) is 0.333. The molecule has 1 heterocycles. The summed E-state index contributed by atoms with van der Waals surface area (Å²) in [6.07, 6.45) is 1.52. The molecule has 0 fully saturated rings. The molecule has 1 atom stereocenters. The minimum absolute atomic E-state index is 0.224. The highest BCUT2D eigenvalue weighted by atomic mass is 19.1. The zero-order valence-corrected chi connectivity index (χ0v) is 14.6. The molecule has 7 heteroatoms. The van der Waals surface area contributed by atoms with E-state index in [1.54, 1.807) is 44.6 Å². The van der Waals surface area contributed by atoms with Gasteiger partial charge in [-0.15, -0.1) is 0 Å². The molecule has 0 aliphatic carbocycles. The fourth-order valence-electron chi connectivity index (χ4n) is 2.08. The van der Waals surface area contributed by atoms with Crippen molar-refractivity contribution >= 4 is 5.96 Å². The first-order chi connectivity index (χ1) is 12.1. The Labute approximate surface area is 147 Å². The molecule has 0 saturated carbocycles. The van der Waals surface area contributed by atoms with Crippen molar-refractivity contribution < 1.29 is 13.9 Å². The van der Waals surface area contributed by atoms with Crippen molar-refractivity contribution in [2.24, 2.45) is 4.99 Å². The molecule has 6 nitrogen and oxygen atoms in total. The van der Waals surface area contributed by atoms with Gasteiger partial charge in [0.15, 0.2) is 17.5 Å². The van der Waals surface area contributed by atoms with Crippen LogP contribution < -0.4 is 20.1 Å². The quantitative estimate of drug-likeness (QED) is 0.595. The number of methoxy groups -OCH3 is 1. The monoisotopic (exact) mass is 346 g/mol. The smallest absolute Gasteiger partial charge is 0.212 e. The van der Waals surface area contributed by atoms with E-state index in [0.717, 1.165) is 5.56 Å². The highest BCUT2D eigenvalue weighted by molar-refractivity contribution is 5.79. The molecule has 0 amide bonds. The Balaban J connectivity index is 1.78. The second kappa shape index (κ2) is 9.46. The van der Waals surface area contributed by atoms with Crippen LogP contribution in [0.2, 0.25) is 0 Å². The van der Waals surface area contributed by atoms with Crippen molar-refractivity contribution in [3.05, 3.63) is 54.0 Å². The Bertz CT molecular complexity index is 692. The van der Waals surface area contributed by atoms with Crippen LogP contribution in [0.1, 0.15) is 12.5 Å². The number of aromatic nitrogens is 1. The number of halogens is 1. The summed E-state index contributed by atoms with van der Waals surface area (Å²) in [7, 11) is 3.26. The summed E-state index contributed by atoms with van der Waals surface area (Å²) in [6.45, 7) is 2.91. The molecule has 0 saturated heterocycles. The van der Waals surface area contributed by atoms with Crippen molar-refractivity contribution in [2.45, 2.75) is 19.6 Å². The SMILES string of the molecule is CN=C(NCc1ccc(OC)nc1)NCC(C)Oc1ccccc1F. The maximum absolute atomic E-state index is 13.6. The van der Waals surface area contributed by atoms with Gasteiger partial charge in [-0.3, -0.25) is 4.99 Å². The van der Waals surface area contributed by atoms with Gasteiger partial charge in [0.2, 0.25) is 5.88 Å². The van der Waals surface area contributed by atoms with Crippen LogP contribution >= 0.6 is 0 Å². The number of para-hydroxylation sites is 1. The molecule has 0 radical (unpaired) electrons. The molecule has 134 valence electrons. The molecule has 1 aromatic heterocycles. The Morgan fingerprint density at radius 2 is 2.04 bits per heavy atom. The highest BCUT2D eigenvalue weighted by Crippen LogP contribution is 2.16. The third-order valence-corrected chi connectivity index (χ3v) is 3.41. The van der Waals surface area contributed by atoms with Crippen LogP contribution in [0.5, 0.6) is 11.6 Å². The van der Waals surface area contributed by atoms with Gasteiger partial charge in [0, 0.05) is 25.9 Å². The number of guanidine groups is 1. The third-order valence-electron chi connectivity index (χ3n) is 3.41. The van der Waals surface area contributed by atoms with Gasteiger partial charge in [-0.1, -0.05) is 18.2 Å². The first-order valence-corrected chi connectivity index (χ1v) is 7.97.